The Balaban J connectivity index is 1.71. The molecular weight excluding hydrogens is 354 g/mol. The van der Waals surface area contributed by atoms with Crippen LogP contribution in [0.2, 0.25) is 0 Å². The number of hydrogen-bond acceptors (Lipinski definition) is 4. The van der Waals surface area contributed by atoms with Gasteiger partial charge in [0.15, 0.2) is 5.72 Å². The van der Waals surface area contributed by atoms with Crippen LogP contribution in [0, 0.1) is 5.92 Å². The Labute approximate surface area is 164 Å². The SMILES string of the molecule is CC(C)(C)OC(=O)[C@@]12C[C@H]3Cc4ccccc4N(C1=O)[C@@]3(c1ccccc1)O2. The van der Waals surface area contributed by atoms with Gasteiger partial charge in [-0.1, -0.05) is 48.5 Å². The zero-order chi connectivity index (χ0) is 19.7. The standard InChI is InChI=1S/C23H23NO4/c1-21(2,3)27-20(26)22-14-17-13-15-9-7-8-12-18(15)24(19(22)25)23(17,28-22)16-10-5-4-6-11-16/h4-12,17H,13-14H2,1-3H3/t17-,22-,23+/m1/s1. The Morgan fingerprint density at radius 3 is 2.50 bits per heavy atom. The monoisotopic (exact) mass is 377 g/mol. The highest BCUT2D eigenvalue weighted by Gasteiger charge is 2.76. The number of piperidine rings is 1. The van der Waals surface area contributed by atoms with Crippen molar-refractivity contribution in [1.29, 1.82) is 0 Å². The first-order valence-electron chi connectivity index (χ1n) is 9.70. The minimum absolute atomic E-state index is 0.0185. The number of hydrogen-bond donors (Lipinski definition) is 0. The highest BCUT2D eigenvalue weighted by atomic mass is 16.6. The number of ether oxygens (including phenoxy) is 2. The van der Waals surface area contributed by atoms with Crippen LogP contribution >= 0.6 is 0 Å². The van der Waals surface area contributed by atoms with Crippen molar-refractivity contribution in [3.8, 4) is 0 Å². The van der Waals surface area contributed by atoms with E-state index in [-0.39, 0.29) is 11.8 Å². The van der Waals surface area contributed by atoms with E-state index in [0.29, 0.717) is 6.42 Å². The van der Waals surface area contributed by atoms with Gasteiger partial charge in [-0.15, -0.1) is 0 Å². The molecule has 3 aliphatic heterocycles. The molecule has 3 aliphatic rings. The maximum Gasteiger partial charge on any atom is 0.349 e. The van der Waals surface area contributed by atoms with E-state index in [4.69, 9.17) is 9.47 Å². The van der Waals surface area contributed by atoms with Gasteiger partial charge < -0.3 is 9.47 Å². The van der Waals surface area contributed by atoms with Crippen molar-refractivity contribution < 1.29 is 19.1 Å². The predicted octanol–water partition coefficient (Wildman–Crippen LogP) is 3.56. The Kier molecular flexibility index (Phi) is 3.39. The van der Waals surface area contributed by atoms with Gasteiger partial charge in [-0.25, -0.2) is 4.79 Å². The number of nitrogens with zero attached hydrogens (tertiary/aromatic N) is 1. The molecule has 0 saturated carbocycles. The molecule has 2 fully saturated rings. The predicted molar refractivity (Wildman–Crippen MR) is 104 cm³/mol. The molecule has 5 nitrogen and oxygen atoms in total. The quantitative estimate of drug-likeness (QED) is 0.593. The van der Waals surface area contributed by atoms with Gasteiger partial charge in [0.1, 0.15) is 5.60 Å². The molecule has 28 heavy (non-hydrogen) atoms. The number of anilines is 1. The number of benzene rings is 2. The number of amides is 1. The number of esters is 1. The zero-order valence-electron chi connectivity index (χ0n) is 16.3. The van der Waals surface area contributed by atoms with E-state index in [9.17, 15) is 9.59 Å². The second kappa shape index (κ2) is 5.45. The zero-order valence-corrected chi connectivity index (χ0v) is 16.3. The number of carbonyl (C=O) groups excluding carboxylic acids is 2. The topological polar surface area (TPSA) is 55.8 Å². The summed E-state index contributed by atoms with van der Waals surface area (Å²) in [6, 6.07) is 17.6. The van der Waals surface area contributed by atoms with E-state index in [2.05, 4.69) is 0 Å². The van der Waals surface area contributed by atoms with E-state index in [1.54, 1.807) is 25.7 Å². The lowest BCUT2D eigenvalue weighted by Gasteiger charge is -2.46. The maximum atomic E-state index is 13.7. The summed E-state index contributed by atoms with van der Waals surface area (Å²) in [6.07, 6.45) is 1.08. The van der Waals surface area contributed by atoms with E-state index in [0.717, 1.165) is 23.2 Å². The molecule has 1 amide bonds. The fraction of sp³-hybridized carbons (Fsp3) is 0.391. The van der Waals surface area contributed by atoms with Crippen LogP contribution in [0.4, 0.5) is 5.69 Å². The molecule has 144 valence electrons. The van der Waals surface area contributed by atoms with E-state index in [1.165, 1.54) is 0 Å². The van der Waals surface area contributed by atoms with Crippen LogP contribution in [0.25, 0.3) is 0 Å². The van der Waals surface area contributed by atoms with Crippen LogP contribution in [0.3, 0.4) is 0 Å². The fourth-order valence-electron chi connectivity index (χ4n) is 4.91. The molecule has 0 unspecified atom stereocenters. The summed E-state index contributed by atoms with van der Waals surface area (Å²) in [6.45, 7) is 5.41. The first-order chi connectivity index (χ1) is 13.3. The van der Waals surface area contributed by atoms with E-state index < -0.39 is 22.9 Å². The van der Waals surface area contributed by atoms with Crippen molar-refractivity contribution in [2.24, 2.45) is 5.92 Å². The van der Waals surface area contributed by atoms with Crippen molar-refractivity contribution >= 4 is 17.6 Å². The van der Waals surface area contributed by atoms with Crippen molar-refractivity contribution in [2.45, 2.75) is 50.5 Å². The molecule has 2 aromatic rings. The minimum Gasteiger partial charge on any atom is -0.457 e. The lowest BCUT2D eigenvalue weighted by Crippen LogP contribution is -2.59. The Morgan fingerprint density at radius 2 is 1.79 bits per heavy atom. The normalized spacial score (nSPS) is 30.3. The van der Waals surface area contributed by atoms with Gasteiger partial charge in [-0.05, 0) is 38.8 Å². The Bertz CT molecular complexity index is 980. The summed E-state index contributed by atoms with van der Waals surface area (Å²) in [7, 11) is 0. The van der Waals surface area contributed by atoms with Crippen LogP contribution in [0.1, 0.15) is 38.3 Å². The van der Waals surface area contributed by atoms with Crippen LogP contribution in [0.15, 0.2) is 54.6 Å². The van der Waals surface area contributed by atoms with Gasteiger partial charge in [0.05, 0.1) is 5.69 Å². The molecule has 2 bridgehead atoms. The number of rotatable bonds is 2. The first-order valence-corrected chi connectivity index (χ1v) is 9.70. The van der Waals surface area contributed by atoms with Crippen LogP contribution in [-0.2, 0) is 31.2 Å². The Morgan fingerprint density at radius 1 is 1.11 bits per heavy atom. The maximum absolute atomic E-state index is 13.7. The van der Waals surface area contributed by atoms with Gasteiger partial charge in [0.25, 0.3) is 5.91 Å². The lowest BCUT2D eigenvalue weighted by atomic mass is 9.73. The van der Waals surface area contributed by atoms with Crippen molar-refractivity contribution in [3.05, 3.63) is 65.7 Å². The molecule has 2 aromatic carbocycles. The first kappa shape index (κ1) is 17.4. The molecule has 0 radical (unpaired) electrons. The third kappa shape index (κ3) is 2.11. The fourth-order valence-corrected chi connectivity index (χ4v) is 4.91. The average molecular weight is 377 g/mol. The van der Waals surface area contributed by atoms with E-state index in [1.807, 2.05) is 54.6 Å². The largest absolute Gasteiger partial charge is 0.457 e. The second-order valence-electron chi connectivity index (χ2n) is 8.87. The molecule has 2 saturated heterocycles. The molecule has 0 spiro atoms. The molecule has 0 aromatic heterocycles. The Hall–Kier alpha value is -2.66. The second-order valence-corrected chi connectivity index (χ2v) is 8.87. The molecule has 3 heterocycles. The lowest BCUT2D eigenvalue weighted by molar-refractivity contribution is -0.182. The molecule has 3 atom stereocenters. The summed E-state index contributed by atoms with van der Waals surface area (Å²) in [5.41, 5.74) is -0.428. The average Bonchev–Trinajstić information content (AvgIpc) is 3.14. The smallest absolute Gasteiger partial charge is 0.349 e. The third-order valence-electron chi connectivity index (χ3n) is 5.91. The molecule has 0 N–H and O–H groups in total. The van der Waals surface area contributed by atoms with Gasteiger partial charge in [-0.3, -0.25) is 9.69 Å². The summed E-state index contributed by atoms with van der Waals surface area (Å²) in [4.78, 5) is 28.5. The van der Waals surface area contributed by atoms with Crippen molar-refractivity contribution in [2.75, 3.05) is 4.90 Å². The molecular formula is C23H23NO4. The minimum atomic E-state index is -1.58. The van der Waals surface area contributed by atoms with Crippen LogP contribution in [-0.4, -0.2) is 23.1 Å². The van der Waals surface area contributed by atoms with Crippen LogP contribution < -0.4 is 4.90 Å². The molecule has 0 aliphatic carbocycles. The summed E-state index contributed by atoms with van der Waals surface area (Å²) in [5, 5.41) is 0. The third-order valence-corrected chi connectivity index (χ3v) is 5.91. The van der Waals surface area contributed by atoms with Crippen molar-refractivity contribution in [1.82, 2.24) is 0 Å². The summed E-state index contributed by atoms with van der Waals surface area (Å²) in [5.74, 6) is -0.932. The number of carbonyl (C=O) groups is 2. The van der Waals surface area contributed by atoms with Crippen molar-refractivity contribution in [3.63, 3.8) is 0 Å². The molecule has 5 heteroatoms. The van der Waals surface area contributed by atoms with Crippen LogP contribution in [0.5, 0.6) is 0 Å². The van der Waals surface area contributed by atoms with Gasteiger partial charge in [0, 0.05) is 17.9 Å². The van der Waals surface area contributed by atoms with Gasteiger partial charge >= 0.3 is 5.97 Å². The summed E-state index contributed by atoms with van der Waals surface area (Å²) < 4.78 is 12.1. The van der Waals surface area contributed by atoms with Gasteiger partial charge in [0.2, 0.25) is 5.60 Å². The molecule has 5 rings (SSSR count). The highest BCUT2D eigenvalue weighted by Crippen LogP contribution is 2.63. The van der Waals surface area contributed by atoms with Gasteiger partial charge in [-0.2, -0.15) is 0 Å². The number of fused-ring (bicyclic) bond motifs is 3. The highest BCUT2D eigenvalue weighted by molar-refractivity contribution is 6.17. The number of para-hydroxylation sites is 1. The summed E-state index contributed by atoms with van der Waals surface area (Å²) >= 11 is 0. The van der Waals surface area contributed by atoms with E-state index >= 15 is 0 Å².